The van der Waals surface area contributed by atoms with Crippen molar-refractivity contribution in [2.24, 2.45) is 4.99 Å². The quantitative estimate of drug-likeness (QED) is 0.393. The minimum atomic E-state index is -0.712. The number of benzene rings is 2. The molecule has 0 saturated carbocycles. The molecule has 198 valence electrons. The van der Waals surface area contributed by atoms with Crippen LogP contribution in [-0.4, -0.2) is 35.8 Å². The Balaban J connectivity index is 1.73. The fourth-order valence-electron chi connectivity index (χ4n) is 3.98. The number of hydrogen-bond acceptors (Lipinski definition) is 8. The van der Waals surface area contributed by atoms with Gasteiger partial charge in [0.25, 0.3) is 5.56 Å². The summed E-state index contributed by atoms with van der Waals surface area (Å²) in [5, 5.41) is 0.544. The van der Waals surface area contributed by atoms with Crippen molar-refractivity contribution < 1.29 is 23.8 Å². The van der Waals surface area contributed by atoms with Crippen LogP contribution in [0, 0.1) is 0 Å². The molecule has 4 rings (SSSR count). The molecule has 1 unspecified atom stereocenters. The van der Waals surface area contributed by atoms with E-state index in [1.54, 1.807) is 82.3 Å². The molecule has 0 saturated heterocycles. The summed E-state index contributed by atoms with van der Waals surface area (Å²) in [4.78, 5) is 43.4. The second-order valence-electron chi connectivity index (χ2n) is 8.75. The number of carbonyl (C=O) groups excluding carboxylic acids is 2. The Morgan fingerprint density at radius 2 is 1.82 bits per heavy atom. The molecule has 2 heterocycles. The highest BCUT2D eigenvalue weighted by molar-refractivity contribution is 7.07. The van der Waals surface area contributed by atoms with Gasteiger partial charge in [-0.1, -0.05) is 47.2 Å². The Kier molecular flexibility index (Phi) is 8.48. The largest absolute Gasteiger partial charge is 0.482 e. The van der Waals surface area contributed by atoms with E-state index < -0.39 is 18.0 Å². The van der Waals surface area contributed by atoms with Crippen LogP contribution >= 0.6 is 22.9 Å². The first-order valence-electron chi connectivity index (χ1n) is 12.1. The lowest BCUT2D eigenvalue weighted by molar-refractivity contribution is -0.145. The van der Waals surface area contributed by atoms with Gasteiger partial charge in [-0.25, -0.2) is 14.6 Å². The highest BCUT2D eigenvalue weighted by Crippen LogP contribution is 2.31. The van der Waals surface area contributed by atoms with Gasteiger partial charge in [-0.3, -0.25) is 9.36 Å². The normalized spacial score (nSPS) is 15.2. The van der Waals surface area contributed by atoms with E-state index in [9.17, 15) is 14.4 Å². The maximum atomic E-state index is 13.7. The molecule has 1 atom stereocenters. The number of allylic oxidation sites excluding steroid dienone is 1. The van der Waals surface area contributed by atoms with E-state index >= 15 is 0 Å². The number of aromatic nitrogens is 1. The second kappa shape index (κ2) is 11.8. The van der Waals surface area contributed by atoms with E-state index in [-0.39, 0.29) is 24.9 Å². The minimum absolute atomic E-state index is 0.183. The van der Waals surface area contributed by atoms with Crippen LogP contribution in [0.1, 0.15) is 44.9 Å². The fourth-order valence-corrected chi connectivity index (χ4v) is 5.15. The molecule has 3 aromatic rings. The fraction of sp³-hybridized carbons (Fsp3) is 0.286. The van der Waals surface area contributed by atoms with Gasteiger partial charge in [-0.05, 0) is 69.2 Å². The SMILES string of the molecule is CCOC(=O)COc1ccc(/C=c2\sc3n(c2=O)C(c2ccc(Cl)cc2)C(C(=O)OC(C)C)=C(C)N=3)cc1. The van der Waals surface area contributed by atoms with Gasteiger partial charge in [0, 0.05) is 5.02 Å². The van der Waals surface area contributed by atoms with E-state index in [0.717, 1.165) is 11.1 Å². The molecule has 38 heavy (non-hydrogen) atoms. The molecule has 0 bridgehead atoms. The monoisotopic (exact) mass is 554 g/mol. The number of ether oxygens (including phenoxy) is 3. The summed E-state index contributed by atoms with van der Waals surface area (Å²) in [6.07, 6.45) is 1.42. The molecule has 8 nitrogen and oxygen atoms in total. The van der Waals surface area contributed by atoms with Crippen LogP contribution < -0.4 is 19.6 Å². The van der Waals surface area contributed by atoms with E-state index in [1.165, 1.54) is 15.9 Å². The molecular weight excluding hydrogens is 528 g/mol. The number of hydrogen-bond donors (Lipinski definition) is 0. The number of rotatable bonds is 8. The van der Waals surface area contributed by atoms with Crippen molar-refractivity contribution in [3.05, 3.63) is 95.6 Å². The standard InChI is InChI=1S/C28H27ClN2O6S/c1-5-35-23(32)15-36-21-12-6-18(7-13-21)14-22-26(33)31-25(19-8-10-20(29)11-9-19)24(27(34)37-16(2)3)17(4)30-28(31)38-22/h6-14,16,25H,5,15H2,1-4H3/b22-14-. The summed E-state index contributed by atoms with van der Waals surface area (Å²) in [5.74, 6) is -0.461. The van der Waals surface area contributed by atoms with Gasteiger partial charge in [0.2, 0.25) is 0 Å². The second-order valence-corrected chi connectivity index (χ2v) is 10.2. The lowest BCUT2D eigenvalue weighted by atomic mass is 9.96. The number of carbonyl (C=O) groups is 2. The Bertz CT molecular complexity index is 1550. The van der Waals surface area contributed by atoms with Crippen LogP contribution in [0.25, 0.3) is 6.08 Å². The average Bonchev–Trinajstić information content (AvgIpc) is 3.17. The van der Waals surface area contributed by atoms with Crippen LogP contribution in [0.2, 0.25) is 5.02 Å². The predicted octanol–water partition coefficient (Wildman–Crippen LogP) is 3.78. The molecule has 0 radical (unpaired) electrons. The Labute approximate surface area is 228 Å². The summed E-state index contributed by atoms with van der Waals surface area (Å²) in [6.45, 7) is 7.12. The number of fused-ring (bicyclic) bond motifs is 1. The molecule has 1 aromatic heterocycles. The molecule has 1 aliphatic heterocycles. The van der Waals surface area contributed by atoms with Crippen LogP contribution in [0.4, 0.5) is 0 Å². The highest BCUT2D eigenvalue weighted by atomic mass is 35.5. The zero-order valence-corrected chi connectivity index (χ0v) is 23.0. The third-order valence-electron chi connectivity index (χ3n) is 5.61. The summed E-state index contributed by atoms with van der Waals surface area (Å²) in [7, 11) is 0. The molecule has 0 fully saturated rings. The van der Waals surface area contributed by atoms with Gasteiger partial charge in [0.1, 0.15) is 5.75 Å². The topological polar surface area (TPSA) is 96.2 Å². The van der Waals surface area contributed by atoms with Crippen molar-refractivity contribution in [1.29, 1.82) is 0 Å². The third kappa shape index (κ3) is 6.06. The summed E-state index contributed by atoms with van der Waals surface area (Å²) in [5.41, 5.74) is 2.00. The van der Waals surface area contributed by atoms with Crippen molar-refractivity contribution in [3.63, 3.8) is 0 Å². The number of thiazole rings is 1. The van der Waals surface area contributed by atoms with Crippen LogP contribution in [0.15, 0.2) is 69.6 Å². The molecular formula is C28H27ClN2O6S. The average molecular weight is 555 g/mol. The van der Waals surface area contributed by atoms with Crippen LogP contribution in [0.5, 0.6) is 5.75 Å². The van der Waals surface area contributed by atoms with Crippen LogP contribution in [-0.2, 0) is 19.1 Å². The number of esters is 2. The molecule has 2 aromatic carbocycles. The van der Waals surface area contributed by atoms with Crippen molar-refractivity contribution in [3.8, 4) is 5.75 Å². The molecule has 0 amide bonds. The maximum absolute atomic E-state index is 13.7. The minimum Gasteiger partial charge on any atom is -0.482 e. The van der Waals surface area contributed by atoms with Gasteiger partial charge >= 0.3 is 11.9 Å². The van der Waals surface area contributed by atoms with Crippen molar-refractivity contribution in [1.82, 2.24) is 4.57 Å². The first kappa shape index (κ1) is 27.3. The van der Waals surface area contributed by atoms with Gasteiger partial charge in [-0.2, -0.15) is 0 Å². The summed E-state index contributed by atoms with van der Waals surface area (Å²) in [6, 6.07) is 13.3. The molecule has 10 heteroatoms. The Morgan fingerprint density at radius 1 is 1.13 bits per heavy atom. The van der Waals surface area contributed by atoms with E-state index in [1.807, 2.05) is 0 Å². The van der Waals surface area contributed by atoms with E-state index in [4.69, 9.17) is 25.8 Å². The highest BCUT2D eigenvalue weighted by Gasteiger charge is 2.33. The lowest BCUT2D eigenvalue weighted by Gasteiger charge is -2.25. The van der Waals surface area contributed by atoms with E-state index in [0.29, 0.717) is 31.4 Å². The first-order valence-corrected chi connectivity index (χ1v) is 13.2. The summed E-state index contributed by atoms with van der Waals surface area (Å²) < 4.78 is 17.8. The van der Waals surface area contributed by atoms with Gasteiger partial charge < -0.3 is 14.2 Å². The number of nitrogens with zero attached hydrogens (tertiary/aromatic N) is 2. The molecule has 1 aliphatic rings. The van der Waals surface area contributed by atoms with Crippen LogP contribution in [0.3, 0.4) is 0 Å². The predicted molar refractivity (Wildman–Crippen MR) is 145 cm³/mol. The third-order valence-corrected chi connectivity index (χ3v) is 6.84. The molecule has 0 spiro atoms. The smallest absolute Gasteiger partial charge is 0.344 e. The van der Waals surface area contributed by atoms with Crippen molar-refractivity contribution in [2.45, 2.75) is 39.8 Å². The van der Waals surface area contributed by atoms with Gasteiger partial charge in [-0.15, -0.1) is 0 Å². The maximum Gasteiger partial charge on any atom is 0.344 e. The zero-order valence-electron chi connectivity index (χ0n) is 21.4. The van der Waals surface area contributed by atoms with E-state index in [2.05, 4.69) is 4.99 Å². The number of halogens is 1. The van der Waals surface area contributed by atoms with Crippen molar-refractivity contribution in [2.75, 3.05) is 13.2 Å². The zero-order chi connectivity index (χ0) is 27.4. The Hall–Kier alpha value is -3.69. The van der Waals surface area contributed by atoms with Crippen molar-refractivity contribution >= 4 is 41.0 Å². The van der Waals surface area contributed by atoms with Gasteiger partial charge in [0.15, 0.2) is 11.4 Å². The first-order chi connectivity index (χ1) is 18.2. The lowest BCUT2D eigenvalue weighted by Crippen LogP contribution is -2.40. The molecule has 0 N–H and O–H groups in total. The molecule has 0 aliphatic carbocycles. The Morgan fingerprint density at radius 3 is 2.45 bits per heavy atom. The van der Waals surface area contributed by atoms with Gasteiger partial charge in [0.05, 0.1) is 34.6 Å². The summed E-state index contributed by atoms with van der Waals surface area (Å²) >= 11 is 7.34.